The molecule has 0 aliphatic heterocycles. The van der Waals surface area contributed by atoms with Crippen LogP contribution in [0.1, 0.15) is 12.6 Å². The molecule has 0 spiro atoms. The van der Waals surface area contributed by atoms with Crippen molar-refractivity contribution in [3.8, 4) is 22.8 Å². The molecule has 2 aromatic carbocycles. The van der Waals surface area contributed by atoms with Crippen LogP contribution in [0, 0.1) is 6.92 Å². The van der Waals surface area contributed by atoms with Gasteiger partial charge in [0.15, 0.2) is 11.5 Å². The number of aromatic nitrogens is 1. The van der Waals surface area contributed by atoms with Crippen LogP contribution in [-0.4, -0.2) is 25.1 Å². The first-order chi connectivity index (χ1) is 12.0. The molecular formula is C20H20N2O3. The molecule has 0 aliphatic carbocycles. The van der Waals surface area contributed by atoms with Crippen molar-refractivity contribution in [1.29, 1.82) is 0 Å². The Balaban J connectivity index is 2.13. The van der Waals surface area contributed by atoms with Crippen LogP contribution in [-0.2, 0) is 4.79 Å². The van der Waals surface area contributed by atoms with E-state index >= 15 is 0 Å². The third kappa shape index (κ3) is 3.40. The number of benzene rings is 2. The summed E-state index contributed by atoms with van der Waals surface area (Å²) in [7, 11) is 3.24. The number of hydrogen-bond acceptors (Lipinski definition) is 4. The predicted molar refractivity (Wildman–Crippen MR) is 99.3 cm³/mol. The van der Waals surface area contributed by atoms with Gasteiger partial charge >= 0.3 is 0 Å². The molecule has 1 aromatic heterocycles. The van der Waals surface area contributed by atoms with Crippen molar-refractivity contribution in [2.45, 2.75) is 13.8 Å². The number of anilines is 1. The van der Waals surface area contributed by atoms with Crippen molar-refractivity contribution < 1.29 is 14.3 Å². The lowest BCUT2D eigenvalue weighted by Crippen LogP contribution is -2.05. The summed E-state index contributed by atoms with van der Waals surface area (Å²) in [4.78, 5) is 16.0. The van der Waals surface area contributed by atoms with Gasteiger partial charge in [0.25, 0.3) is 0 Å². The number of nitrogens with zero attached hydrogens (tertiary/aromatic N) is 1. The van der Waals surface area contributed by atoms with Gasteiger partial charge in [0.2, 0.25) is 5.91 Å². The molecule has 1 amide bonds. The first-order valence-electron chi connectivity index (χ1n) is 7.93. The Morgan fingerprint density at radius 3 is 2.44 bits per heavy atom. The largest absolute Gasteiger partial charge is 0.493 e. The van der Waals surface area contributed by atoms with Crippen molar-refractivity contribution in [3.05, 3.63) is 48.2 Å². The molecule has 5 nitrogen and oxygen atoms in total. The molecule has 1 N–H and O–H groups in total. The van der Waals surface area contributed by atoms with Crippen LogP contribution in [0.15, 0.2) is 42.5 Å². The molecule has 0 unspecified atom stereocenters. The van der Waals surface area contributed by atoms with Crippen LogP contribution >= 0.6 is 0 Å². The van der Waals surface area contributed by atoms with Gasteiger partial charge in [-0.3, -0.25) is 9.78 Å². The molecule has 1 heterocycles. The van der Waals surface area contributed by atoms with Crippen molar-refractivity contribution >= 4 is 22.4 Å². The molecule has 3 aromatic rings. The van der Waals surface area contributed by atoms with Gasteiger partial charge in [-0.1, -0.05) is 12.1 Å². The molecule has 3 rings (SSSR count). The number of hydrogen-bond donors (Lipinski definition) is 1. The minimum absolute atomic E-state index is 0.100. The van der Waals surface area contributed by atoms with E-state index in [1.807, 2.05) is 49.4 Å². The van der Waals surface area contributed by atoms with E-state index in [0.717, 1.165) is 33.4 Å². The highest BCUT2D eigenvalue weighted by molar-refractivity contribution is 5.92. The normalized spacial score (nSPS) is 10.6. The molecule has 25 heavy (non-hydrogen) atoms. The number of rotatable bonds is 4. The smallest absolute Gasteiger partial charge is 0.221 e. The van der Waals surface area contributed by atoms with Gasteiger partial charge in [-0.05, 0) is 42.6 Å². The Labute approximate surface area is 146 Å². The number of methoxy groups -OCH3 is 2. The average Bonchev–Trinajstić information content (AvgIpc) is 2.60. The number of pyridine rings is 1. The van der Waals surface area contributed by atoms with Crippen molar-refractivity contribution in [2.24, 2.45) is 0 Å². The lowest BCUT2D eigenvalue weighted by Gasteiger charge is -2.12. The molecule has 0 saturated heterocycles. The highest BCUT2D eigenvalue weighted by Gasteiger charge is 2.11. The summed E-state index contributed by atoms with van der Waals surface area (Å²) in [5, 5.41) is 4.83. The fourth-order valence-electron chi connectivity index (χ4n) is 2.86. The Kier molecular flexibility index (Phi) is 4.57. The van der Waals surface area contributed by atoms with Crippen molar-refractivity contribution in [3.63, 3.8) is 0 Å². The van der Waals surface area contributed by atoms with E-state index in [1.165, 1.54) is 6.92 Å². The Bertz CT molecular complexity index is 951. The second-order valence-corrected chi connectivity index (χ2v) is 5.78. The number of nitrogens with one attached hydrogen (secondary N) is 1. The SMILES string of the molecule is COc1cc2cc(-c3cccc(NC(C)=O)c3)nc(C)c2cc1OC. The van der Waals surface area contributed by atoms with Crippen LogP contribution in [0.5, 0.6) is 11.5 Å². The maximum Gasteiger partial charge on any atom is 0.221 e. The summed E-state index contributed by atoms with van der Waals surface area (Å²) in [5.74, 6) is 1.26. The second-order valence-electron chi connectivity index (χ2n) is 5.78. The molecule has 0 fully saturated rings. The lowest BCUT2D eigenvalue weighted by atomic mass is 10.0. The molecule has 0 saturated carbocycles. The molecule has 0 aliphatic rings. The summed E-state index contributed by atoms with van der Waals surface area (Å²) in [6.07, 6.45) is 0. The minimum Gasteiger partial charge on any atom is -0.493 e. The Morgan fingerprint density at radius 2 is 1.76 bits per heavy atom. The molecule has 5 heteroatoms. The van der Waals surface area contributed by atoms with E-state index in [9.17, 15) is 4.79 Å². The summed E-state index contributed by atoms with van der Waals surface area (Å²) in [6, 6.07) is 13.5. The number of carbonyl (C=O) groups is 1. The van der Waals surface area contributed by atoms with Crippen LogP contribution in [0.4, 0.5) is 5.69 Å². The molecular weight excluding hydrogens is 316 g/mol. The second kappa shape index (κ2) is 6.81. The van der Waals surface area contributed by atoms with Gasteiger partial charge in [-0.25, -0.2) is 0 Å². The summed E-state index contributed by atoms with van der Waals surface area (Å²) in [6.45, 7) is 3.46. The summed E-state index contributed by atoms with van der Waals surface area (Å²) < 4.78 is 10.8. The topological polar surface area (TPSA) is 60.5 Å². The zero-order valence-corrected chi connectivity index (χ0v) is 14.7. The summed E-state index contributed by atoms with van der Waals surface area (Å²) in [5.41, 5.74) is 3.42. The maximum atomic E-state index is 11.3. The van der Waals surface area contributed by atoms with Gasteiger partial charge in [0, 0.05) is 29.3 Å². The quantitative estimate of drug-likeness (QED) is 0.776. The van der Waals surface area contributed by atoms with Crippen molar-refractivity contribution in [1.82, 2.24) is 4.98 Å². The predicted octanol–water partition coefficient (Wildman–Crippen LogP) is 4.19. The highest BCUT2D eigenvalue weighted by Crippen LogP contribution is 2.35. The van der Waals surface area contributed by atoms with E-state index in [-0.39, 0.29) is 5.91 Å². The van der Waals surface area contributed by atoms with Crippen LogP contribution < -0.4 is 14.8 Å². The first-order valence-corrected chi connectivity index (χ1v) is 7.93. The third-order valence-electron chi connectivity index (χ3n) is 4.00. The van der Waals surface area contributed by atoms with Gasteiger partial charge in [-0.15, -0.1) is 0 Å². The number of amides is 1. The molecule has 0 radical (unpaired) electrons. The van der Waals surface area contributed by atoms with Crippen LogP contribution in [0.3, 0.4) is 0 Å². The minimum atomic E-state index is -0.100. The zero-order chi connectivity index (χ0) is 18.0. The summed E-state index contributed by atoms with van der Waals surface area (Å²) >= 11 is 0. The average molecular weight is 336 g/mol. The van der Waals surface area contributed by atoms with E-state index in [4.69, 9.17) is 14.5 Å². The first kappa shape index (κ1) is 16.8. The van der Waals surface area contributed by atoms with Gasteiger partial charge in [0.1, 0.15) is 0 Å². The van der Waals surface area contributed by atoms with Crippen LogP contribution in [0.25, 0.3) is 22.0 Å². The van der Waals surface area contributed by atoms with Crippen LogP contribution in [0.2, 0.25) is 0 Å². The standard InChI is InChI=1S/C20H20N2O3/c1-12-17-11-20(25-4)19(24-3)10-15(17)9-18(21-12)14-6-5-7-16(8-14)22-13(2)23/h5-11H,1-4H3,(H,22,23). The van der Waals surface area contributed by atoms with E-state index in [2.05, 4.69) is 5.32 Å². The zero-order valence-electron chi connectivity index (χ0n) is 14.7. The lowest BCUT2D eigenvalue weighted by molar-refractivity contribution is -0.114. The maximum absolute atomic E-state index is 11.3. The third-order valence-corrected chi connectivity index (χ3v) is 4.00. The molecule has 0 bridgehead atoms. The fraction of sp³-hybridized carbons (Fsp3) is 0.200. The van der Waals surface area contributed by atoms with Crippen molar-refractivity contribution in [2.75, 3.05) is 19.5 Å². The molecule has 128 valence electrons. The van der Waals surface area contributed by atoms with E-state index in [0.29, 0.717) is 11.5 Å². The Morgan fingerprint density at radius 1 is 1.04 bits per heavy atom. The monoisotopic (exact) mass is 336 g/mol. The Hall–Kier alpha value is -3.08. The van der Waals surface area contributed by atoms with Gasteiger partial charge in [0.05, 0.1) is 19.9 Å². The highest BCUT2D eigenvalue weighted by atomic mass is 16.5. The van der Waals surface area contributed by atoms with Gasteiger partial charge in [-0.2, -0.15) is 0 Å². The van der Waals surface area contributed by atoms with E-state index in [1.54, 1.807) is 14.2 Å². The fourth-order valence-corrected chi connectivity index (χ4v) is 2.86. The molecule has 0 atom stereocenters. The van der Waals surface area contributed by atoms with E-state index < -0.39 is 0 Å². The number of ether oxygens (including phenoxy) is 2. The number of carbonyl (C=O) groups excluding carboxylic acids is 1. The number of fused-ring (bicyclic) bond motifs is 1. The van der Waals surface area contributed by atoms with Gasteiger partial charge < -0.3 is 14.8 Å². The number of aryl methyl sites for hydroxylation is 1.